The lowest BCUT2D eigenvalue weighted by molar-refractivity contribution is 0.334. The number of hydrogen-bond acceptors (Lipinski definition) is 3. The van der Waals surface area contributed by atoms with E-state index in [-0.39, 0.29) is 0 Å². The van der Waals surface area contributed by atoms with Gasteiger partial charge in [-0.15, -0.1) is 0 Å². The van der Waals surface area contributed by atoms with E-state index in [1.165, 1.54) is 25.7 Å². The third kappa shape index (κ3) is 4.57. The summed E-state index contributed by atoms with van der Waals surface area (Å²) in [7, 11) is 0. The summed E-state index contributed by atoms with van der Waals surface area (Å²) in [5.74, 6) is 3.15. The van der Waals surface area contributed by atoms with Crippen molar-refractivity contribution in [1.29, 1.82) is 0 Å². The molecule has 2 rings (SSSR count). The van der Waals surface area contributed by atoms with Crippen molar-refractivity contribution in [3.05, 3.63) is 23.8 Å². The number of hydrogen-bond donors (Lipinski definition) is 1. The van der Waals surface area contributed by atoms with E-state index >= 15 is 0 Å². The fourth-order valence-corrected chi connectivity index (χ4v) is 2.87. The number of aromatic nitrogens is 2. The van der Waals surface area contributed by atoms with E-state index in [0.29, 0.717) is 11.8 Å². The molecule has 3 nitrogen and oxygen atoms in total. The standard InChI is InChI=1S/C16H27N3/c1-12(2)10-17-11-15-7-8-18-16(19-15)14-6-4-5-13(3)9-14/h7-8,12-14,17H,4-6,9-11H2,1-3H3. The molecule has 19 heavy (non-hydrogen) atoms. The van der Waals surface area contributed by atoms with E-state index in [1.807, 2.05) is 12.3 Å². The summed E-state index contributed by atoms with van der Waals surface area (Å²) in [6.45, 7) is 8.69. The van der Waals surface area contributed by atoms with E-state index in [0.717, 1.165) is 30.5 Å². The monoisotopic (exact) mass is 261 g/mol. The second kappa shape index (κ2) is 6.99. The molecule has 1 aliphatic rings. The highest BCUT2D eigenvalue weighted by molar-refractivity contribution is 5.06. The molecule has 1 N–H and O–H groups in total. The minimum absolute atomic E-state index is 0.578. The van der Waals surface area contributed by atoms with Gasteiger partial charge in [-0.25, -0.2) is 9.97 Å². The summed E-state index contributed by atoms with van der Waals surface area (Å²) in [6.07, 6.45) is 7.13. The lowest BCUT2D eigenvalue weighted by Crippen LogP contribution is -2.21. The molecule has 3 heteroatoms. The molecule has 1 saturated carbocycles. The Morgan fingerprint density at radius 3 is 2.95 bits per heavy atom. The third-order valence-electron chi connectivity index (χ3n) is 3.89. The van der Waals surface area contributed by atoms with Crippen LogP contribution in [-0.4, -0.2) is 16.5 Å². The van der Waals surface area contributed by atoms with E-state index in [9.17, 15) is 0 Å². The summed E-state index contributed by atoms with van der Waals surface area (Å²) in [6, 6.07) is 2.03. The van der Waals surface area contributed by atoms with Crippen molar-refractivity contribution in [2.75, 3.05) is 6.54 Å². The summed E-state index contributed by atoms with van der Waals surface area (Å²) >= 11 is 0. The van der Waals surface area contributed by atoms with E-state index < -0.39 is 0 Å². The third-order valence-corrected chi connectivity index (χ3v) is 3.89. The first-order chi connectivity index (χ1) is 9.15. The SMILES string of the molecule is CC(C)CNCc1ccnc(C2CCCC(C)C2)n1. The maximum Gasteiger partial charge on any atom is 0.131 e. The molecule has 2 atom stereocenters. The molecule has 0 spiro atoms. The van der Waals surface area contributed by atoms with E-state index in [1.54, 1.807) is 0 Å². The first kappa shape index (κ1) is 14.4. The van der Waals surface area contributed by atoms with Gasteiger partial charge in [0.15, 0.2) is 0 Å². The molecule has 0 aromatic carbocycles. The minimum atomic E-state index is 0.578. The fourth-order valence-electron chi connectivity index (χ4n) is 2.87. The zero-order chi connectivity index (χ0) is 13.7. The molecule has 0 amide bonds. The molecule has 1 heterocycles. The number of nitrogens with zero attached hydrogens (tertiary/aromatic N) is 2. The molecule has 0 bridgehead atoms. The summed E-state index contributed by atoms with van der Waals surface area (Å²) in [5, 5.41) is 3.45. The van der Waals surface area contributed by atoms with Crippen LogP contribution in [0.15, 0.2) is 12.3 Å². The van der Waals surface area contributed by atoms with Gasteiger partial charge < -0.3 is 5.32 Å². The highest BCUT2D eigenvalue weighted by Gasteiger charge is 2.22. The van der Waals surface area contributed by atoms with Gasteiger partial charge in [0.05, 0.1) is 5.69 Å². The van der Waals surface area contributed by atoms with E-state index in [2.05, 4.69) is 31.1 Å². The van der Waals surface area contributed by atoms with Gasteiger partial charge in [-0.2, -0.15) is 0 Å². The highest BCUT2D eigenvalue weighted by atomic mass is 14.9. The Labute approximate surface area is 117 Å². The van der Waals surface area contributed by atoms with Gasteiger partial charge in [0.1, 0.15) is 5.82 Å². The molecule has 106 valence electrons. The highest BCUT2D eigenvalue weighted by Crippen LogP contribution is 2.34. The van der Waals surface area contributed by atoms with Crippen LogP contribution in [-0.2, 0) is 6.54 Å². The quantitative estimate of drug-likeness (QED) is 0.881. The molecule has 0 radical (unpaired) electrons. The van der Waals surface area contributed by atoms with Crippen LogP contribution in [0.1, 0.15) is 63.9 Å². The lowest BCUT2D eigenvalue weighted by Gasteiger charge is -2.25. The minimum Gasteiger partial charge on any atom is -0.311 e. The first-order valence-electron chi connectivity index (χ1n) is 7.67. The molecule has 1 aliphatic carbocycles. The largest absolute Gasteiger partial charge is 0.311 e. The Balaban J connectivity index is 1.94. The second-order valence-electron chi connectivity index (χ2n) is 6.40. The Kier molecular flexibility index (Phi) is 5.32. The Morgan fingerprint density at radius 1 is 1.37 bits per heavy atom. The maximum atomic E-state index is 4.75. The molecule has 1 aromatic heterocycles. The van der Waals surface area contributed by atoms with Gasteiger partial charge in [-0.3, -0.25) is 0 Å². The van der Waals surface area contributed by atoms with Crippen LogP contribution in [0.25, 0.3) is 0 Å². The average molecular weight is 261 g/mol. The maximum absolute atomic E-state index is 4.75. The Bertz CT molecular complexity index is 389. The predicted octanol–water partition coefficient (Wildman–Crippen LogP) is 3.52. The fraction of sp³-hybridized carbons (Fsp3) is 0.750. The van der Waals surface area contributed by atoms with Crippen LogP contribution < -0.4 is 5.32 Å². The molecule has 1 aromatic rings. The van der Waals surface area contributed by atoms with Crippen LogP contribution in [0.2, 0.25) is 0 Å². The second-order valence-corrected chi connectivity index (χ2v) is 6.40. The smallest absolute Gasteiger partial charge is 0.131 e. The number of nitrogens with one attached hydrogen (secondary N) is 1. The van der Waals surface area contributed by atoms with Crippen LogP contribution in [0.5, 0.6) is 0 Å². The van der Waals surface area contributed by atoms with Gasteiger partial charge in [0, 0.05) is 18.7 Å². The van der Waals surface area contributed by atoms with E-state index in [4.69, 9.17) is 4.98 Å². The van der Waals surface area contributed by atoms with Gasteiger partial charge in [0.2, 0.25) is 0 Å². The molecule has 1 fully saturated rings. The first-order valence-corrected chi connectivity index (χ1v) is 7.67. The van der Waals surface area contributed by atoms with Crippen molar-refractivity contribution in [2.45, 2.75) is 58.9 Å². The Morgan fingerprint density at radius 2 is 2.21 bits per heavy atom. The van der Waals surface area contributed by atoms with Crippen LogP contribution in [0.4, 0.5) is 0 Å². The van der Waals surface area contributed by atoms with Gasteiger partial charge >= 0.3 is 0 Å². The molecule has 0 aliphatic heterocycles. The molecular formula is C16H27N3. The number of rotatable bonds is 5. The zero-order valence-electron chi connectivity index (χ0n) is 12.5. The summed E-state index contributed by atoms with van der Waals surface area (Å²) in [5.41, 5.74) is 1.13. The van der Waals surface area contributed by atoms with Crippen molar-refractivity contribution in [1.82, 2.24) is 15.3 Å². The lowest BCUT2D eigenvalue weighted by atomic mass is 9.82. The average Bonchev–Trinajstić information content (AvgIpc) is 2.39. The van der Waals surface area contributed by atoms with Crippen LogP contribution in [0.3, 0.4) is 0 Å². The predicted molar refractivity (Wildman–Crippen MR) is 78.9 cm³/mol. The van der Waals surface area contributed by atoms with Crippen molar-refractivity contribution in [3.63, 3.8) is 0 Å². The van der Waals surface area contributed by atoms with Gasteiger partial charge in [-0.05, 0) is 37.3 Å². The van der Waals surface area contributed by atoms with Gasteiger partial charge in [0.25, 0.3) is 0 Å². The normalized spacial score (nSPS) is 23.8. The van der Waals surface area contributed by atoms with Crippen molar-refractivity contribution in [3.8, 4) is 0 Å². The molecular weight excluding hydrogens is 234 g/mol. The molecule has 0 saturated heterocycles. The topological polar surface area (TPSA) is 37.8 Å². The molecule has 2 unspecified atom stereocenters. The van der Waals surface area contributed by atoms with Crippen molar-refractivity contribution < 1.29 is 0 Å². The summed E-state index contributed by atoms with van der Waals surface area (Å²) in [4.78, 5) is 9.26. The zero-order valence-corrected chi connectivity index (χ0v) is 12.5. The van der Waals surface area contributed by atoms with Crippen molar-refractivity contribution >= 4 is 0 Å². The van der Waals surface area contributed by atoms with Crippen LogP contribution >= 0.6 is 0 Å². The van der Waals surface area contributed by atoms with Gasteiger partial charge in [-0.1, -0.05) is 33.6 Å². The Hall–Kier alpha value is -0.960. The summed E-state index contributed by atoms with van der Waals surface area (Å²) < 4.78 is 0. The van der Waals surface area contributed by atoms with Crippen molar-refractivity contribution in [2.24, 2.45) is 11.8 Å². The van der Waals surface area contributed by atoms with Crippen LogP contribution in [0, 0.1) is 11.8 Å².